The van der Waals surface area contributed by atoms with Gasteiger partial charge in [0.2, 0.25) is 5.95 Å². The molecular formula is C17H21N7O4. The molecule has 0 bridgehead atoms. The van der Waals surface area contributed by atoms with Crippen molar-refractivity contribution >= 4 is 22.9 Å². The van der Waals surface area contributed by atoms with Crippen LogP contribution in [-0.2, 0) is 11.2 Å². The van der Waals surface area contributed by atoms with Crippen molar-refractivity contribution in [2.45, 2.75) is 31.0 Å². The summed E-state index contributed by atoms with van der Waals surface area (Å²) in [6.45, 7) is 0.128. The van der Waals surface area contributed by atoms with Gasteiger partial charge in [-0.2, -0.15) is 9.97 Å². The number of aliphatic hydroxyl groups is 3. The predicted molar refractivity (Wildman–Crippen MR) is 99.2 cm³/mol. The van der Waals surface area contributed by atoms with Gasteiger partial charge in [0.05, 0.1) is 12.9 Å². The van der Waals surface area contributed by atoms with Crippen LogP contribution in [-0.4, -0.2) is 71.3 Å². The molecule has 0 aliphatic carbocycles. The number of nitrogens with two attached hydrogens (primary N) is 1. The number of hydrogen-bond donors (Lipinski definition) is 5. The lowest BCUT2D eigenvalue weighted by molar-refractivity contribution is -0.0511. The van der Waals surface area contributed by atoms with Crippen LogP contribution in [0, 0.1) is 0 Å². The Labute approximate surface area is 159 Å². The monoisotopic (exact) mass is 387 g/mol. The summed E-state index contributed by atoms with van der Waals surface area (Å²) in [4.78, 5) is 17.1. The van der Waals surface area contributed by atoms with Crippen LogP contribution in [0.2, 0.25) is 0 Å². The summed E-state index contributed by atoms with van der Waals surface area (Å²) in [5.74, 6) is 0.477. The molecule has 0 saturated carbocycles. The Morgan fingerprint density at radius 3 is 2.75 bits per heavy atom. The van der Waals surface area contributed by atoms with E-state index in [2.05, 4.69) is 25.3 Å². The van der Waals surface area contributed by atoms with Gasteiger partial charge < -0.3 is 31.1 Å². The molecule has 3 aromatic rings. The molecule has 11 heteroatoms. The van der Waals surface area contributed by atoms with E-state index >= 15 is 0 Å². The molecule has 3 aromatic heterocycles. The third kappa shape index (κ3) is 3.36. The van der Waals surface area contributed by atoms with Crippen LogP contribution in [0.15, 0.2) is 30.7 Å². The van der Waals surface area contributed by atoms with Gasteiger partial charge in [-0.25, -0.2) is 4.98 Å². The second-order valence-electron chi connectivity index (χ2n) is 6.48. The largest absolute Gasteiger partial charge is 0.394 e. The van der Waals surface area contributed by atoms with Crippen molar-refractivity contribution in [2.75, 3.05) is 24.2 Å². The number of fused-ring (bicyclic) bond motifs is 1. The number of hydrogen-bond acceptors (Lipinski definition) is 10. The Kier molecular flexibility index (Phi) is 5.05. The minimum Gasteiger partial charge on any atom is -0.394 e. The molecule has 11 nitrogen and oxygen atoms in total. The predicted octanol–water partition coefficient (Wildman–Crippen LogP) is -0.930. The molecule has 4 heterocycles. The Morgan fingerprint density at radius 2 is 2.04 bits per heavy atom. The van der Waals surface area contributed by atoms with Crippen LogP contribution in [0.5, 0.6) is 0 Å². The second-order valence-corrected chi connectivity index (χ2v) is 6.48. The summed E-state index contributed by atoms with van der Waals surface area (Å²) in [6, 6.07) is 5.70. The topological polar surface area (TPSA) is 164 Å². The molecule has 28 heavy (non-hydrogen) atoms. The van der Waals surface area contributed by atoms with Gasteiger partial charge in [0.15, 0.2) is 17.7 Å². The number of pyridine rings is 1. The van der Waals surface area contributed by atoms with E-state index in [4.69, 9.17) is 10.5 Å². The quantitative estimate of drug-likeness (QED) is 0.357. The van der Waals surface area contributed by atoms with Gasteiger partial charge in [0.1, 0.15) is 23.8 Å². The fourth-order valence-electron chi connectivity index (χ4n) is 3.16. The average molecular weight is 387 g/mol. The van der Waals surface area contributed by atoms with Crippen molar-refractivity contribution in [3.8, 4) is 0 Å². The molecule has 0 radical (unpaired) electrons. The lowest BCUT2D eigenvalue weighted by Gasteiger charge is -2.16. The SMILES string of the molecule is Nc1nc(NCCc2ccccn2)nc2c1ncn2[C@@H]1O[C@H](CO)C(O)C1O. The van der Waals surface area contributed by atoms with E-state index in [0.717, 1.165) is 5.69 Å². The molecule has 4 atom stereocenters. The van der Waals surface area contributed by atoms with Crippen molar-refractivity contribution in [3.63, 3.8) is 0 Å². The first-order valence-electron chi connectivity index (χ1n) is 8.84. The Hall–Kier alpha value is -2.86. The fraction of sp³-hybridized carbons (Fsp3) is 0.412. The van der Waals surface area contributed by atoms with E-state index in [1.165, 1.54) is 10.9 Å². The van der Waals surface area contributed by atoms with Crippen LogP contribution in [0.25, 0.3) is 11.2 Å². The summed E-state index contributed by atoms with van der Waals surface area (Å²) in [7, 11) is 0. The lowest BCUT2D eigenvalue weighted by atomic mass is 10.1. The molecular weight excluding hydrogens is 366 g/mol. The van der Waals surface area contributed by atoms with Crippen molar-refractivity contribution in [1.29, 1.82) is 0 Å². The third-order valence-corrected chi connectivity index (χ3v) is 4.63. The highest BCUT2D eigenvalue weighted by Crippen LogP contribution is 2.32. The molecule has 1 aliphatic heterocycles. The minimum absolute atomic E-state index is 0.177. The van der Waals surface area contributed by atoms with Crippen molar-refractivity contribution in [3.05, 3.63) is 36.4 Å². The van der Waals surface area contributed by atoms with Crippen LogP contribution >= 0.6 is 0 Å². The zero-order chi connectivity index (χ0) is 19.7. The smallest absolute Gasteiger partial charge is 0.226 e. The third-order valence-electron chi connectivity index (χ3n) is 4.63. The highest BCUT2D eigenvalue weighted by molar-refractivity contribution is 5.83. The Balaban J connectivity index is 1.56. The van der Waals surface area contributed by atoms with Gasteiger partial charge in [-0.15, -0.1) is 0 Å². The first-order chi connectivity index (χ1) is 13.6. The normalized spacial score (nSPS) is 24.7. The highest BCUT2D eigenvalue weighted by atomic mass is 16.6. The fourth-order valence-corrected chi connectivity index (χ4v) is 3.16. The maximum absolute atomic E-state index is 10.3. The molecule has 1 aliphatic rings. The van der Waals surface area contributed by atoms with Gasteiger partial charge in [0.25, 0.3) is 0 Å². The molecule has 0 aromatic carbocycles. The van der Waals surface area contributed by atoms with Gasteiger partial charge in [-0.05, 0) is 12.1 Å². The number of anilines is 2. The minimum atomic E-state index is -1.24. The first kappa shape index (κ1) is 18.5. The number of aromatic nitrogens is 5. The number of nitrogens with one attached hydrogen (secondary N) is 1. The zero-order valence-corrected chi connectivity index (χ0v) is 14.9. The maximum Gasteiger partial charge on any atom is 0.226 e. The van der Waals surface area contributed by atoms with Crippen molar-refractivity contribution in [2.24, 2.45) is 0 Å². The Bertz CT molecular complexity index is 951. The summed E-state index contributed by atoms with van der Waals surface area (Å²) in [6.07, 6.45) is -0.492. The molecule has 1 saturated heterocycles. The summed E-state index contributed by atoms with van der Waals surface area (Å²) in [5.41, 5.74) is 7.63. The van der Waals surface area contributed by atoms with Gasteiger partial charge in [-0.1, -0.05) is 6.07 Å². The summed E-state index contributed by atoms with van der Waals surface area (Å²) < 4.78 is 7.02. The van der Waals surface area contributed by atoms with Crippen LogP contribution < -0.4 is 11.1 Å². The van der Waals surface area contributed by atoms with E-state index < -0.39 is 31.1 Å². The molecule has 0 amide bonds. The molecule has 148 valence electrons. The number of imidazole rings is 1. The van der Waals surface area contributed by atoms with Crippen LogP contribution in [0.3, 0.4) is 0 Å². The highest BCUT2D eigenvalue weighted by Gasteiger charge is 2.44. The number of nitrogens with zero attached hydrogens (tertiary/aromatic N) is 5. The number of ether oxygens (including phenoxy) is 1. The summed E-state index contributed by atoms with van der Waals surface area (Å²) >= 11 is 0. The standard InChI is InChI=1S/C17H21N7O4/c18-14-11-15(23-17(22-14)20-6-4-9-3-1-2-5-19-9)24(8-21-11)16-13(27)12(26)10(7-25)28-16/h1-3,5,8,10,12-13,16,25-27H,4,6-7H2,(H3,18,20,22,23)/t10-,12?,13?,16-/m1/s1. The molecule has 1 fully saturated rings. The maximum atomic E-state index is 10.3. The number of nitrogen functional groups attached to an aromatic ring is 1. The molecule has 4 rings (SSSR count). The van der Waals surface area contributed by atoms with E-state index in [0.29, 0.717) is 30.1 Å². The summed E-state index contributed by atoms with van der Waals surface area (Å²) in [5, 5.41) is 32.6. The molecule has 0 spiro atoms. The van der Waals surface area contributed by atoms with E-state index in [9.17, 15) is 15.3 Å². The average Bonchev–Trinajstić information content (AvgIpc) is 3.24. The van der Waals surface area contributed by atoms with Crippen molar-refractivity contribution < 1.29 is 20.1 Å². The zero-order valence-electron chi connectivity index (χ0n) is 14.9. The van der Waals surface area contributed by atoms with Crippen LogP contribution in [0.4, 0.5) is 11.8 Å². The first-order valence-corrected chi connectivity index (χ1v) is 8.84. The van der Waals surface area contributed by atoms with Gasteiger partial charge in [0, 0.05) is 24.9 Å². The second kappa shape index (κ2) is 7.64. The van der Waals surface area contributed by atoms with Crippen LogP contribution in [0.1, 0.15) is 11.9 Å². The lowest BCUT2D eigenvalue weighted by Crippen LogP contribution is -2.33. The van der Waals surface area contributed by atoms with Gasteiger partial charge >= 0.3 is 0 Å². The number of aliphatic hydroxyl groups excluding tert-OH is 3. The van der Waals surface area contributed by atoms with Gasteiger partial charge in [-0.3, -0.25) is 9.55 Å². The Morgan fingerprint density at radius 1 is 1.18 bits per heavy atom. The molecule has 6 N–H and O–H groups in total. The van der Waals surface area contributed by atoms with E-state index in [1.807, 2.05) is 18.2 Å². The van der Waals surface area contributed by atoms with Crippen molar-refractivity contribution in [1.82, 2.24) is 24.5 Å². The van der Waals surface area contributed by atoms with E-state index in [-0.39, 0.29) is 5.82 Å². The molecule has 2 unspecified atom stereocenters. The van der Waals surface area contributed by atoms with E-state index in [1.54, 1.807) is 6.20 Å². The number of rotatable bonds is 6.